The van der Waals surface area contributed by atoms with Gasteiger partial charge in [-0.05, 0) is 48.9 Å². The van der Waals surface area contributed by atoms with Gasteiger partial charge in [0.1, 0.15) is 11.0 Å². The molecule has 1 atom stereocenters. The number of hydrogen-bond donors (Lipinski definition) is 1. The van der Waals surface area contributed by atoms with Crippen molar-refractivity contribution in [2.24, 2.45) is 0 Å². The van der Waals surface area contributed by atoms with E-state index >= 15 is 0 Å². The van der Waals surface area contributed by atoms with Gasteiger partial charge in [0.25, 0.3) is 5.91 Å². The monoisotopic (exact) mass is 448 g/mol. The fourth-order valence-electron chi connectivity index (χ4n) is 3.92. The number of anilines is 1. The van der Waals surface area contributed by atoms with E-state index in [0.29, 0.717) is 23.7 Å². The first-order chi connectivity index (χ1) is 15.2. The van der Waals surface area contributed by atoms with Crippen molar-refractivity contribution in [3.63, 3.8) is 0 Å². The minimum atomic E-state index is -0.504. The van der Waals surface area contributed by atoms with E-state index in [-0.39, 0.29) is 17.2 Å². The number of rotatable bonds is 4. The summed E-state index contributed by atoms with van der Waals surface area (Å²) in [7, 11) is 0. The molecular weight excluding hydrogens is 420 g/mol. The lowest BCUT2D eigenvalue weighted by atomic mass is 9.86. The summed E-state index contributed by atoms with van der Waals surface area (Å²) in [6.45, 7) is 9.02. The summed E-state index contributed by atoms with van der Waals surface area (Å²) in [4.78, 5) is 27.8. The normalized spacial score (nSPS) is 16.2. The summed E-state index contributed by atoms with van der Waals surface area (Å²) < 4.78 is 0. The van der Waals surface area contributed by atoms with E-state index in [9.17, 15) is 9.59 Å². The van der Waals surface area contributed by atoms with Crippen LogP contribution < -0.4 is 5.32 Å². The Kier molecular flexibility index (Phi) is 6.11. The van der Waals surface area contributed by atoms with Crippen molar-refractivity contribution < 1.29 is 9.59 Å². The Bertz CT molecular complexity index is 1130. The average Bonchev–Trinajstić information content (AvgIpc) is 3.42. The quantitative estimate of drug-likeness (QED) is 0.606. The minimum absolute atomic E-state index is 0.0245. The maximum absolute atomic E-state index is 13.1. The van der Waals surface area contributed by atoms with E-state index in [1.54, 1.807) is 4.90 Å². The van der Waals surface area contributed by atoms with Crippen LogP contribution in [0.2, 0.25) is 0 Å². The Morgan fingerprint density at radius 2 is 1.84 bits per heavy atom. The van der Waals surface area contributed by atoms with E-state index in [1.807, 2.05) is 55.5 Å². The lowest BCUT2D eigenvalue weighted by Crippen LogP contribution is -2.43. The lowest BCUT2D eigenvalue weighted by Gasteiger charge is -2.24. The van der Waals surface area contributed by atoms with Crippen molar-refractivity contribution in [3.05, 3.63) is 65.2 Å². The Hall–Kier alpha value is -3.06. The molecule has 7 heteroatoms. The molecule has 6 nitrogen and oxygen atoms in total. The first kappa shape index (κ1) is 22.1. The van der Waals surface area contributed by atoms with Gasteiger partial charge in [-0.25, -0.2) is 0 Å². The smallest absolute Gasteiger partial charge is 0.254 e. The van der Waals surface area contributed by atoms with Crippen molar-refractivity contribution in [2.75, 3.05) is 11.9 Å². The van der Waals surface area contributed by atoms with E-state index in [0.717, 1.165) is 22.6 Å². The molecule has 0 aliphatic carbocycles. The SMILES string of the molecule is Cc1cccc(-c2nnc(NC(=O)C3CCCN3C(=O)c3ccc(C(C)(C)C)cc3)s2)c1. The fourth-order valence-corrected chi connectivity index (χ4v) is 4.66. The van der Waals surface area contributed by atoms with Crippen LogP contribution in [0, 0.1) is 6.92 Å². The predicted molar refractivity (Wildman–Crippen MR) is 128 cm³/mol. The molecule has 2 aromatic carbocycles. The third kappa shape index (κ3) is 4.72. The van der Waals surface area contributed by atoms with Gasteiger partial charge in [-0.1, -0.05) is 68.0 Å². The minimum Gasteiger partial charge on any atom is -0.327 e. The number of likely N-dealkylation sites (tertiary alicyclic amines) is 1. The molecule has 4 rings (SSSR count). The maximum Gasteiger partial charge on any atom is 0.254 e. The number of hydrogen-bond acceptors (Lipinski definition) is 5. The molecule has 1 aliphatic rings. The van der Waals surface area contributed by atoms with Gasteiger partial charge in [-0.3, -0.25) is 14.9 Å². The van der Waals surface area contributed by atoms with Crippen LogP contribution in [-0.4, -0.2) is 39.5 Å². The molecule has 0 radical (unpaired) electrons. The van der Waals surface area contributed by atoms with Crippen LogP contribution in [0.4, 0.5) is 5.13 Å². The van der Waals surface area contributed by atoms with Gasteiger partial charge in [0.2, 0.25) is 11.0 Å². The first-order valence-electron chi connectivity index (χ1n) is 10.9. The van der Waals surface area contributed by atoms with Gasteiger partial charge in [0.05, 0.1) is 0 Å². The van der Waals surface area contributed by atoms with Crippen LogP contribution in [0.3, 0.4) is 0 Å². The lowest BCUT2D eigenvalue weighted by molar-refractivity contribution is -0.119. The summed E-state index contributed by atoms with van der Waals surface area (Å²) in [6, 6.07) is 15.2. The van der Waals surface area contributed by atoms with Gasteiger partial charge >= 0.3 is 0 Å². The van der Waals surface area contributed by atoms with Crippen molar-refractivity contribution in [1.29, 1.82) is 0 Å². The highest BCUT2D eigenvalue weighted by molar-refractivity contribution is 7.18. The number of carbonyl (C=O) groups excluding carboxylic acids is 2. The molecule has 0 spiro atoms. The number of nitrogens with zero attached hydrogens (tertiary/aromatic N) is 3. The van der Waals surface area contributed by atoms with Crippen molar-refractivity contribution in [1.82, 2.24) is 15.1 Å². The van der Waals surface area contributed by atoms with Crippen LogP contribution in [0.5, 0.6) is 0 Å². The summed E-state index contributed by atoms with van der Waals surface area (Å²) in [6.07, 6.45) is 1.44. The first-order valence-corrected chi connectivity index (χ1v) is 11.7. The topological polar surface area (TPSA) is 75.2 Å². The molecule has 2 heterocycles. The standard InChI is InChI=1S/C25H28N4O2S/c1-16-7-5-8-18(15-16)22-27-28-24(32-22)26-21(30)20-9-6-14-29(20)23(31)17-10-12-19(13-11-17)25(2,3)4/h5,7-8,10-13,15,20H,6,9,14H2,1-4H3,(H,26,28,30). The molecule has 2 amide bonds. The van der Waals surface area contributed by atoms with Crippen LogP contribution >= 0.6 is 11.3 Å². The Morgan fingerprint density at radius 3 is 2.53 bits per heavy atom. The van der Waals surface area contributed by atoms with Crippen LogP contribution in [0.1, 0.15) is 55.1 Å². The van der Waals surface area contributed by atoms with Crippen LogP contribution in [0.15, 0.2) is 48.5 Å². The molecule has 1 aliphatic heterocycles. The Balaban J connectivity index is 1.45. The molecule has 1 saturated heterocycles. The molecule has 1 N–H and O–H groups in total. The largest absolute Gasteiger partial charge is 0.327 e. The van der Waals surface area contributed by atoms with Crippen molar-refractivity contribution in [3.8, 4) is 10.6 Å². The molecule has 32 heavy (non-hydrogen) atoms. The highest BCUT2D eigenvalue weighted by Crippen LogP contribution is 2.28. The van der Waals surface area contributed by atoms with Crippen LogP contribution in [0.25, 0.3) is 10.6 Å². The number of aryl methyl sites for hydroxylation is 1. The zero-order valence-electron chi connectivity index (χ0n) is 18.9. The van der Waals surface area contributed by atoms with E-state index in [2.05, 4.69) is 36.3 Å². The number of benzene rings is 2. The van der Waals surface area contributed by atoms with E-state index in [4.69, 9.17) is 0 Å². The highest BCUT2D eigenvalue weighted by Gasteiger charge is 2.35. The van der Waals surface area contributed by atoms with Gasteiger partial charge in [-0.15, -0.1) is 10.2 Å². The molecule has 1 unspecified atom stereocenters. The highest BCUT2D eigenvalue weighted by atomic mass is 32.1. The zero-order valence-corrected chi connectivity index (χ0v) is 19.7. The molecular formula is C25H28N4O2S. The van der Waals surface area contributed by atoms with Gasteiger partial charge in [0, 0.05) is 17.7 Å². The predicted octanol–water partition coefficient (Wildman–Crippen LogP) is 5.05. The second-order valence-corrected chi connectivity index (χ2v) is 10.2. The van der Waals surface area contributed by atoms with Crippen LogP contribution in [-0.2, 0) is 10.2 Å². The molecule has 0 saturated carbocycles. The second-order valence-electron chi connectivity index (χ2n) is 9.26. The van der Waals surface area contributed by atoms with Crippen molar-refractivity contribution >= 4 is 28.3 Å². The van der Waals surface area contributed by atoms with E-state index in [1.165, 1.54) is 16.9 Å². The third-order valence-electron chi connectivity index (χ3n) is 5.73. The average molecular weight is 449 g/mol. The summed E-state index contributed by atoms with van der Waals surface area (Å²) in [5.74, 6) is -0.324. The maximum atomic E-state index is 13.1. The summed E-state index contributed by atoms with van der Waals surface area (Å²) >= 11 is 1.33. The fraction of sp³-hybridized carbons (Fsp3) is 0.360. The molecule has 166 valence electrons. The number of amides is 2. The van der Waals surface area contributed by atoms with Crippen molar-refractivity contribution in [2.45, 2.75) is 52.0 Å². The Morgan fingerprint density at radius 1 is 1.09 bits per heavy atom. The summed E-state index contributed by atoms with van der Waals surface area (Å²) in [5.41, 5.74) is 3.91. The van der Waals surface area contributed by atoms with E-state index < -0.39 is 6.04 Å². The number of nitrogens with one attached hydrogen (secondary N) is 1. The number of carbonyl (C=O) groups is 2. The molecule has 3 aromatic rings. The third-order valence-corrected chi connectivity index (χ3v) is 6.62. The molecule has 1 aromatic heterocycles. The molecule has 0 bridgehead atoms. The van der Waals surface area contributed by atoms with Gasteiger partial charge in [0.15, 0.2) is 0 Å². The summed E-state index contributed by atoms with van der Waals surface area (Å²) in [5, 5.41) is 12.4. The zero-order chi connectivity index (χ0) is 22.9. The Labute approximate surface area is 192 Å². The second kappa shape index (κ2) is 8.82. The van der Waals surface area contributed by atoms with Gasteiger partial charge < -0.3 is 4.90 Å². The van der Waals surface area contributed by atoms with Gasteiger partial charge in [-0.2, -0.15) is 0 Å². The number of aromatic nitrogens is 2. The molecule has 1 fully saturated rings.